The Morgan fingerprint density at radius 3 is 2.67 bits per heavy atom. The Labute approximate surface area is 190 Å². The SMILES string of the molecule is Cc1ccc(CC(=O)N2CC[C@@H](Oc3ncc(-c4cn(C)nn4)cc3C(N)=O)[C@@H](F)C2)cc1. The minimum Gasteiger partial charge on any atom is -0.471 e. The number of ether oxygens (including phenoxy) is 1. The van der Waals surface area contributed by atoms with Gasteiger partial charge >= 0.3 is 0 Å². The molecule has 33 heavy (non-hydrogen) atoms. The molecule has 172 valence electrons. The number of alkyl halides is 1. The van der Waals surface area contributed by atoms with Gasteiger partial charge in [-0.25, -0.2) is 9.37 Å². The molecule has 0 unspecified atom stereocenters. The highest BCUT2D eigenvalue weighted by molar-refractivity contribution is 5.96. The van der Waals surface area contributed by atoms with Crippen LogP contribution in [0.1, 0.15) is 27.9 Å². The number of primary amides is 1. The first-order valence-corrected chi connectivity index (χ1v) is 10.6. The van der Waals surface area contributed by atoms with E-state index in [1.807, 2.05) is 31.2 Å². The minimum atomic E-state index is -1.43. The van der Waals surface area contributed by atoms with Gasteiger partial charge < -0.3 is 15.4 Å². The van der Waals surface area contributed by atoms with Crippen molar-refractivity contribution in [1.82, 2.24) is 24.9 Å². The number of carbonyl (C=O) groups excluding carboxylic acids is 2. The van der Waals surface area contributed by atoms with Gasteiger partial charge in [0, 0.05) is 31.8 Å². The summed E-state index contributed by atoms with van der Waals surface area (Å²) >= 11 is 0. The fourth-order valence-corrected chi connectivity index (χ4v) is 3.72. The van der Waals surface area contributed by atoms with Crippen molar-refractivity contribution >= 4 is 11.8 Å². The van der Waals surface area contributed by atoms with E-state index in [0.717, 1.165) is 11.1 Å². The van der Waals surface area contributed by atoms with Crippen LogP contribution in [0.2, 0.25) is 0 Å². The van der Waals surface area contributed by atoms with Crippen LogP contribution in [0.25, 0.3) is 11.3 Å². The van der Waals surface area contributed by atoms with Crippen LogP contribution in [0, 0.1) is 6.92 Å². The maximum atomic E-state index is 14.9. The number of likely N-dealkylation sites (tertiary alicyclic amines) is 1. The van der Waals surface area contributed by atoms with Gasteiger partial charge in [-0.1, -0.05) is 35.0 Å². The quantitative estimate of drug-likeness (QED) is 0.610. The van der Waals surface area contributed by atoms with Crippen molar-refractivity contribution in [3.8, 4) is 17.1 Å². The number of aryl methyl sites for hydroxylation is 2. The molecule has 4 rings (SSSR count). The first-order valence-electron chi connectivity index (χ1n) is 10.6. The monoisotopic (exact) mass is 452 g/mol. The Kier molecular flexibility index (Phi) is 6.34. The second-order valence-electron chi connectivity index (χ2n) is 8.18. The minimum absolute atomic E-state index is 0.0308. The summed E-state index contributed by atoms with van der Waals surface area (Å²) in [6.07, 6.45) is 1.36. The van der Waals surface area contributed by atoms with Crippen LogP contribution in [0.15, 0.2) is 42.7 Å². The summed E-state index contributed by atoms with van der Waals surface area (Å²) in [6.45, 7) is 2.24. The standard InChI is InChI=1S/C23H25FN6O3/c1-14-3-5-15(6-4-14)9-21(31)30-8-7-20(18(24)12-30)33-23-17(22(25)32)10-16(11-26-23)19-13-29(2)28-27-19/h3-6,10-11,13,18,20H,7-9,12H2,1-2H3,(H2,25,32)/t18-,20+/m0/s1. The largest absolute Gasteiger partial charge is 0.471 e. The number of carbonyl (C=O) groups is 2. The molecule has 0 aliphatic carbocycles. The van der Waals surface area contributed by atoms with E-state index in [9.17, 15) is 14.0 Å². The fourth-order valence-electron chi connectivity index (χ4n) is 3.72. The summed E-state index contributed by atoms with van der Waals surface area (Å²) in [5.41, 5.74) is 8.59. The highest BCUT2D eigenvalue weighted by Gasteiger charge is 2.34. The number of piperidine rings is 1. The fraction of sp³-hybridized carbons (Fsp3) is 0.348. The van der Waals surface area contributed by atoms with Crippen LogP contribution in [-0.4, -0.2) is 62.1 Å². The van der Waals surface area contributed by atoms with Gasteiger partial charge in [0.05, 0.1) is 19.2 Å². The Bertz CT molecular complexity index is 1160. The van der Waals surface area contributed by atoms with Gasteiger partial charge in [-0.2, -0.15) is 0 Å². The normalized spacial score (nSPS) is 18.2. The van der Waals surface area contributed by atoms with Crippen LogP contribution in [0.5, 0.6) is 5.88 Å². The molecule has 3 heterocycles. The molecule has 2 amide bonds. The van der Waals surface area contributed by atoms with E-state index in [4.69, 9.17) is 10.5 Å². The molecular formula is C23H25FN6O3. The number of nitrogens with zero attached hydrogens (tertiary/aromatic N) is 5. The topological polar surface area (TPSA) is 116 Å². The van der Waals surface area contributed by atoms with Crippen molar-refractivity contribution in [2.75, 3.05) is 13.1 Å². The molecule has 1 fully saturated rings. The molecule has 1 aliphatic heterocycles. The number of amides is 2. The van der Waals surface area contributed by atoms with Gasteiger partial charge in [-0.3, -0.25) is 14.3 Å². The number of halogens is 1. The molecule has 2 atom stereocenters. The Balaban J connectivity index is 1.42. The van der Waals surface area contributed by atoms with Crippen LogP contribution in [0.3, 0.4) is 0 Å². The summed E-state index contributed by atoms with van der Waals surface area (Å²) in [7, 11) is 1.72. The summed E-state index contributed by atoms with van der Waals surface area (Å²) in [5, 5.41) is 7.84. The van der Waals surface area contributed by atoms with E-state index in [2.05, 4.69) is 15.3 Å². The molecule has 2 aromatic heterocycles. The number of hydrogen-bond donors (Lipinski definition) is 1. The van der Waals surface area contributed by atoms with Crippen LogP contribution in [0.4, 0.5) is 4.39 Å². The number of hydrogen-bond acceptors (Lipinski definition) is 6. The third kappa shape index (κ3) is 5.16. The van der Waals surface area contributed by atoms with Gasteiger partial charge in [0.2, 0.25) is 11.8 Å². The molecule has 0 radical (unpaired) electrons. The number of benzene rings is 1. The van der Waals surface area contributed by atoms with Crippen molar-refractivity contribution in [3.63, 3.8) is 0 Å². The second kappa shape index (κ2) is 9.35. The summed E-state index contributed by atoms with van der Waals surface area (Å²) < 4.78 is 22.2. The van der Waals surface area contributed by atoms with E-state index in [1.165, 1.54) is 21.8 Å². The van der Waals surface area contributed by atoms with E-state index in [1.54, 1.807) is 13.2 Å². The second-order valence-corrected chi connectivity index (χ2v) is 8.18. The molecule has 1 saturated heterocycles. The van der Waals surface area contributed by atoms with Gasteiger partial charge in [0.15, 0.2) is 6.17 Å². The third-order valence-electron chi connectivity index (χ3n) is 5.59. The van der Waals surface area contributed by atoms with E-state index in [0.29, 0.717) is 17.8 Å². The third-order valence-corrected chi connectivity index (χ3v) is 5.59. The maximum Gasteiger partial charge on any atom is 0.254 e. The molecule has 0 saturated carbocycles. The summed E-state index contributed by atoms with van der Waals surface area (Å²) in [5.74, 6) is -0.921. The number of aromatic nitrogens is 4. The van der Waals surface area contributed by atoms with E-state index in [-0.39, 0.29) is 36.7 Å². The zero-order valence-electron chi connectivity index (χ0n) is 18.4. The molecule has 2 N–H and O–H groups in total. The molecule has 10 heteroatoms. The zero-order chi connectivity index (χ0) is 23.5. The van der Waals surface area contributed by atoms with Crippen molar-refractivity contribution in [2.24, 2.45) is 12.8 Å². The average molecular weight is 452 g/mol. The molecule has 1 aromatic carbocycles. The van der Waals surface area contributed by atoms with Crippen molar-refractivity contribution in [3.05, 3.63) is 59.4 Å². The maximum absolute atomic E-state index is 14.9. The highest BCUT2D eigenvalue weighted by atomic mass is 19.1. The predicted molar refractivity (Wildman–Crippen MR) is 118 cm³/mol. The Hall–Kier alpha value is -3.82. The number of pyridine rings is 1. The van der Waals surface area contributed by atoms with E-state index < -0.39 is 18.2 Å². The molecular weight excluding hydrogens is 427 g/mol. The van der Waals surface area contributed by atoms with Crippen LogP contribution < -0.4 is 10.5 Å². The van der Waals surface area contributed by atoms with E-state index >= 15 is 0 Å². The Morgan fingerprint density at radius 2 is 2.03 bits per heavy atom. The molecule has 9 nitrogen and oxygen atoms in total. The molecule has 1 aliphatic rings. The lowest BCUT2D eigenvalue weighted by atomic mass is 10.0. The lowest BCUT2D eigenvalue weighted by Gasteiger charge is -2.34. The lowest BCUT2D eigenvalue weighted by Crippen LogP contribution is -2.49. The number of nitrogens with two attached hydrogens (primary N) is 1. The highest BCUT2D eigenvalue weighted by Crippen LogP contribution is 2.26. The average Bonchev–Trinajstić information content (AvgIpc) is 3.23. The predicted octanol–water partition coefficient (Wildman–Crippen LogP) is 1.84. The first kappa shape index (κ1) is 22.4. The summed E-state index contributed by atoms with van der Waals surface area (Å²) in [6, 6.07) is 9.19. The van der Waals surface area contributed by atoms with Gasteiger partial charge in [-0.05, 0) is 18.6 Å². The van der Waals surface area contributed by atoms with Crippen LogP contribution in [-0.2, 0) is 18.3 Å². The van der Waals surface area contributed by atoms with Crippen LogP contribution >= 0.6 is 0 Å². The summed E-state index contributed by atoms with van der Waals surface area (Å²) in [4.78, 5) is 30.3. The lowest BCUT2D eigenvalue weighted by molar-refractivity contribution is -0.134. The first-order chi connectivity index (χ1) is 15.8. The Morgan fingerprint density at radius 1 is 1.27 bits per heavy atom. The molecule has 0 bridgehead atoms. The van der Waals surface area contributed by atoms with Crippen molar-refractivity contribution in [1.29, 1.82) is 0 Å². The molecule has 3 aromatic rings. The smallest absolute Gasteiger partial charge is 0.254 e. The van der Waals surface area contributed by atoms with Crippen molar-refractivity contribution < 1.29 is 18.7 Å². The van der Waals surface area contributed by atoms with Crippen molar-refractivity contribution in [2.45, 2.75) is 32.0 Å². The number of rotatable bonds is 6. The molecule has 0 spiro atoms. The van der Waals surface area contributed by atoms with Gasteiger partial charge in [-0.15, -0.1) is 5.10 Å². The van der Waals surface area contributed by atoms with Gasteiger partial charge in [0.25, 0.3) is 5.91 Å². The zero-order valence-corrected chi connectivity index (χ0v) is 18.4. The van der Waals surface area contributed by atoms with Gasteiger partial charge in [0.1, 0.15) is 17.4 Å².